The first-order valence-electron chi connectivity index (χ1n) is 19.8. The monoisotopic (exact) mass is 739 g/mol. The minimum absolute atomic E-state index is 0.965. The molecule has 0 N–H and O–H groups in total. The van der Waals surface area contributed by atoms with Gasteiger partial charge in [-0.05, 0) is 94.2 Å². The zero-order valence-electron chi connectivity index (χ0n) is 31.7. The summed E-state index contributed by atoms with van der Waals surface area (Å²) in [6, 6.07) is 80.6. The van der Waals surface area contributed by atoms with Crippen LogP contribution in [0.25, 0.3) is 82.7 Å². The third-order valence-electron chi connectivity index (χ3n) is 11.3. The van der Waals surface area contributed by atoms with Gasteiger partial charge >= 0.3 is 0 Å². The molecule has 11 aromatic rings. The average Bonchev–Trinajstić information content (AvgIpc) is 3.64. The number of hydrogen-bond acceptors (Lipinski definition) is 2. The molecule has 0 aliphatic carbocycles. The number of hydrogen-bond donors (Lipinski definition) is 0. The van der Waals surface area contributed by atoms with Crippen LogP contribution in [0.1, 0.15) is 0 Å². The summed E-state index contributed by atoms with van der Waals surface area (Å²) in [5, 5.41) is 5.89. The zero-order valence-corrected chi connectivity index (χ0v) is 31.7. The predicted molar refractivity (Wildman–Crippen MR) is 245 cm³/mol. The summed E-state index contributed by atoms with van der Waals surface area (Å²) in [6.07, 6.45) is 0. The smallest absolute Gasteiger partial charge is 0.0788 e. The first-order valence-corrected chi connectivity index (χ1v) is 19.8. The van der Waals surface area contributed by atoms with Crippen molar-refractivity contribution in [2.45, 2.75) is 0 Å². The fourth-order valence-corrected chi connectivity index (χ4v) is 8.61. The van der Waals surface area contributed by atoms with Gasteiger partial charge in [-0.1, -0.05) is 158 Å². The summed E-state index contributed by atoms with van der Waals surface area (Å²) in [4.78, 5) is 7.78. The summed E-state index contributed by atoms with van der Waals surface area (Å²) in [6.45, 7) is 0. The number of para-hydroxylation sites is 2. The van der Waals surface area contributed by atoms with E-state index in [0.717, 1.165) is 67.1 Å². The second-order valence-corrected chi connectivity index (χ2v) is 14.8. The number of fused-ring (bicyclic) bond motifs is 5. The number of aromatic nitrogens is 2. The van der Waals surface area contributed by atoms with Gasteiger partial charge < -0.3 is 9.47 Å². The normalized spacial score (nSPS) is 11.4. The van der Waals surface area contributed by atoms with Gasteiger partial charge in [-0.15, -0.1) is 0 Å². The van der Waals surface area contributed by atoms with Crippen molar-refractivity contribution in [3.8, 4) is 39.2 Å². The van der Waals surface area contributed by atoms with Crippen LogP contribution in [0.5, 0.6) is 0 Å². The molecular weight excluding hydrogens is 703 g/mol. The Bertz CT molecular complexity index is 3280. The Morgan fingerprint density at radius 2 is 1.03 bits per heavy atom. The lowest BCUT2D eigenvalue weighted by Crippen LogP contribution is -2.10. The lowest BCUT2D eigenvalue weighted by molar-refractivity contribution is 1.18. The standard InChI is InChI=1S/C55H37N3/c1-4-16-38(17-5-1)42-23-14-26-46(34-42)57(47-32-30-39-18-10-11-21-41(39)35-47)51-28-15-29-52-54(51)48-33-31-44(37-53(48)58(52)45-24-8-3-9-25-45)55-49(40-19-6-2-7-20-40)36-43-22-12-13-27-50(43)56-55/h1-37H. The van der Waals surface area contributed by atoms with Gasteiger partial charge in [0.1, 0.15) is 0 Å². The molecule has 2 aromatic heterocycles. The molecule has 0 bridgehead atoms. The van der Waals surface area contributed by atoms with E-state index in [-0.39, 0.29) is 0 Å². The number of benzene rings is 9. The van der Waals surface area contributed by atoms with E-state index in [4.69, 9.17) is 4.98 Å². The first-order chi connectivity index (χ1) is 28.8. The maximum atomic E-state index is 5.35. The van der Waals surface area contributed by atoms with Crippen molar-refractivity contribution < 1.29 is 0 Å². The summed E-state index contributed by atoms with van der Waals surface area (Å²) >= 11 is 0. The Hall–Kier alpha value is -7.75. The Morgan fingerprint density at radius 3 is 1.84 bits per heavy atom. The van der Waals surface area contributed by atoms with Crippen LogP contribution in [0.4, 0.5) is 17.1 Å². The van der Waals surface area contributed by atoms with Crippen LogP contribution in [0.3, 0.4) is 0 Å². The van der Waals surface area contributed by atoms with Crippen LogP contribution >= 0.6 is 0 Å². The van der Waals surface area contributed by atoms with Crippen molar-refractivity contribution in [2.24, 2.45) is 0 Å². The highest BCUT2D eigenvalue weighted by Gasteiger charge is 2.23. The van der Waals surface area contributed by atoms with Gasteiger partial charge in [0.05, 0.1) is 27.9 Å². The van der Waals surface area contributed by atoms with Gasteiger partial charge in [0.15, 0.2) is 0 Å². The van der Waals surface area contributed by atoms with Crippen LogP contribution in [0.15, 0.2) is 224 Å². The minimum atomic E-state index is 0.965. The van der Waals surface area contributed by atoms with E-state index in [1.165, 1.54) is 32.7 Å². The SMILES string of the molecule is c1ccc(-c2cccc(N(c3ccc4ccccc4c3)c3cccc4c3c3ccc(-c5nc6ccccc6cc5-c5ccccc5)cc3n4-c3ccccc3)c2)cc1. The fraction of sp³-hybridized carbons (Fsp3) is 0. The lowest BCUT2D eigenvalue weighted by atomic mass is 9.96. The molecule has 0 aliphatic rings. The van der Waals surface area contributed by atoms with Crippen molar-refractivity contribution in [3.05, 3.63) is 224 Å². The van der Waals surface area contributed by atoms with Gasteiger partial charge in [0.25, 0.3) is 0 Å². The van der Waals surface area contributed by atoms with E-state index in [9.17, 15) is 0 Å². The topological polar surface area (TPSA) is 21.1 Å². The van der Waals surface area contributed by atoms with Gasteiger partial charge in [0, 0.05) is 44.3 Å². The largest absolute Gasteiger partial charge is 0.310 e. The molecule has 58 heavy (non-hydrogen) atoms. The molecule has 3 nitrogen and oxygen atoms in total. The maximum absolute atomic E-state index is 5.35. The molecule has 0 saturated carbocycles. The quantitative estimate of drug-likeness (QED) is 0.162. The van der Waals surface area contributed by atoms with E-state index < -0.39 is 0 Å². The van der Waals surface area contributed by atoms with E-state index in [0.29, 0.717) is 0 Å². The van der Waals surface area contributed by atoms with Gasteiger partial charge in [-0.3, -0.25) is 0 Å². The van der Waals surface area contributed by atoms with Crippen LogP contribution in [-0.4, -0.2) is 9.55 Å². The number of rotatable bonds is 7. The van der Waals surface area contributed by atoms with Crippen molar-refractivity contribution in [2.75, 3.05) is 4.90 Å². The molecular formula is C55H37N3. The molecule has 3 heteroatoms. The third kappa shape index (κ3) is 5.80. The molecule has 0 amide bonds. The summed E-state index contributed by atoms with van der Waals surface area (Å²) in [5.74, 6) is 0. The number of pyridine rings is 1. The second kappa shape index (κ2) is 14.1. The van der Waals surface area contributed by atoms with E-state index in [1.54, 1.807) is 0 Å². The lowest BCUT2D eigenvalue weighted by Gasteiger charge is -2.27. The zero-order chi connectivity index (χ0) is 38.4. The second-order valence-electron chi connectivity index (χ2n) is 14.8. The maximum Gasteiger partial charge on any atom is 0.0788 e. The molecule has 9 aromatic carbocycles. The number of nitrogens with zero attached hydrogens (tertiary/aromatic N) is 3. The van der Waals surface area contributed by atoms with Crippen LogP contribution in [-0.2, 0) is 0 Å². The van der Waals surface area contributed by atoms with E-state index in [1.807, 2.05) is 0 Å². The molecule has 0 aliphatic heterocycles. The van der Waals surface area contributed by atoms with Crippen LogP contribution in [0, 0.1) is 0 Å². The highest BCUT2D eigenvalue weighted by molar-refractivity contribution is 6.17. The predicted octanol–water partition coefficient (Wildman–Crippen LogP) is 15.0. The summed E-state index contributed by atoms with van der Waals surface area (Å²) in [7, 11) is 0. The summed E-state index contributed by atoms with van der Waals surface area (Å²) < 4.78 is 2.42. The van der Waals surface area contributed by atoms with Gasteiger partial charge in [-0.2, -0.15) is 0 Å². The molecule has 272 valence electrons. The van der Waals surface area contributed by atoms with Gasteiger partial charge in [-0.25, -0.2) is 4.98 Å². The third-order valence-corrected chi connectivity index (χ3v) is 11.3. The van der Waals surface area contributed by atoms with E-state index >= 15 is 0 Å². The molecule has 2 heterocycles. The Balaban J connectivity index is 1.19. The molecule has 0 saturated heterocycles. The van der Waals surface area contributed by atoms with E-state index in [2.05, 4.69) is 234 Å². The molecule has 11 rings (SSSR count). The van der Waals surface area contributed by atoms with Crippen LogP contribution in [0.2, 0.25) is 0 Å². The minimum Gasteiger partial charge on any atom is -0.310 e. The Kier molecular flexibility index (Phi) is 8.15. The first kappa shape index (κ1) is 33.6. The highest BCUT2D eigenvalue weighted by atomic mass is 15.1. The van der Waals surface area contributed by atoms with Crippen molar-refractivity contribution >= 4 is 60.5 Å². The Labute approximate surface area is 337 Å². The Morgan fingerprint density at radius 1 is 0.379 bits per heavy atom. The van der Waals surface area contributed by atoms with Crippen molar-refractivity contribution in [1.29, 1.82) is 0 Å². The van der Waals surface area contributed by atoms with Crippen LogP contribution < -0.4 is 4.90 Å². The molecule has 0 spiro atoms. The molecule has 0 fully saturated rings. The van der Waals surface area contributed by atoms with Crippen molar-refractivity contribution in [3.63, 3.8) is 0 Å². The number of anilines is 3. The van der Waals surface area contributed by atoms with Gasteiger partial charge in [0.2, 0.25) is 0 Å². The molecule has 0 unspecified atom stereocenters. The highest BCUT2D eigenvalue weighted by Crippen LogP contribution is 2.46. The summed E-state index contributed by atoms with van der Waals surface area (Å²) in [5.41, 5.74) is 14.3. The molecule has 0 atom stereocenters. The fourth-order valence-electron chi connectivity index (χ4n) is 8.61. The average molecular weight is 740 g/mol. The van der Waals surface area contributed by atoms with Crippen molar-refractivity contribution in [1.82, 2.24) is 9.55 Å². The molecule has 0 radical (unpaired) electrons.